The van der Waals surface area contributed by atoms with Crippen LogP contribution in [0.3, 0.4) is 0 Å². The van der Waals surface area contributed by atoms with Crippen LogP contribution in [0.2, 0.25) is 0 Å². The predicted octanol–water partition coefficient (Wildman–Crippen LogP) is 19.0. The number of rotatable bonds is 5. The van der Waals surface area contributed by atoms with Crippen molar-refractivity contribution in [3.05, 3.63) is 200 Å². The first-order chi connectivity index (χ1) is 33.4. The molecule has 3 aliphatic heterocycles. The average molecular weight is 909 g/mol. The topological polar surface area (TPSA) is 26.3 Å². The van der Waals surface area contributed by atoms with Gasteiger partial charge in [-0.3, -0.25) is 0 Å². The van der Waals surface area contributed by atoms with Gasteiger partial charge < -0.3 is 8.83 Å². The summed E-state index contributed by atoms with van der Waals surface area (Å²) in [6.07, 6.45) is 9.39. The fourth-order valence-electron chi connectivity index (χ4n) is 12.8. The highest BCUT2D eigenvalue weighted by atomic mass is 32.3. The molecule has 0 aliphatic carbocycles. The van der Waals surface area contributed by atoms with Crippen LogP contribution in [0, 0.1) is 0 Å². The summed E-state index contributed by atoms with van der Waals surface area (Å²) < 4.78 is 14.2. The van der Waals surface area contributed by atoms with Crippen molar-refractivity contribution < 1.29 is 8.83 Å². The summed E-state index contributed by atoms with van der Waals surface area (Å²) in [6, 6.07) is 65.3. The Morgan fingerprint density at radius 2 is 0.941 bits per heavy atom. The lowest BCUT2D eigenvalue weighted by Gasteiger charge is -2.36. The van der Waals surface area contributed by atoms with Crippen molar-refractivity contribution in [3.63, 3.8) is 0 Å². The molecule has 0 fully saturated rings. The van der Waals surface area contributed by atoms with Gasteiger partial charge in [-0.1, -0.05) is 170 Å². The first-order valence-electron chi connectivity index (χ1n) is 23.4. The lowest BCUT2D eigenvalue weighted by Crippen LogP contribution is -2.03. The minimum atomic E-state index is -1.53. The molecule has 324 valence electrons. The Morgan fingerprint density at radius 1 is 0.456 bits per heavy atom. The second-order valence-electron chi connectivity index (χ2n) is 19.0. The molecule has 15 rings (SSSR count). The summed E-state index contributed by atoms with van der Waals surface area (Å²) in [4.78, 5) is 6.10. The molecule has 0 N–H and O–H groups in total. The Bertz CT molecular complexity index is 4300. The van der Waals surface area contributed by atoms with E-state index in [-0.39, 0.29) is 0 Å². The van der Waals surface area contributed by atoms with Crippen molar-refractivity contribution in [1.29, 1.82) is 0 Å². The van der Waals surface area contributed by atoms with Gasteiger partial charge in [0.1, 0.15) is 22.3 Å². The molecule has 0 spiro atoms. The number of fused-ring (bicyclic) bond motifs is 16. The fraction of sp³-hybridized carbons (Fsp3) is 0.0625. The van der Waals surface area contributed by atoms with Gasteiger partial charge in [0.25, 0.3) is 0 Å². The molecule has 2 nitrogen and oxygen atoms in total. The van der Waals surface area contributed by atoms with Crippen LogP contribution in [0.25, 0.3) is 127 Å². The third-order valence-electron chi connectivity index (χ3n) is 15.6. The van der Waals surface area contributed by atoms with Crippen molar-refractivity contribution in [2.45, 2.75) is 26.5 Å². The molecular weight excluding hydrogens is 865 g/mol. The number of allylic oxidation sites excluding steroid dienone is 3. The molecular formula is C64H44O2S2. The van der Waals surface area contributed by atoms with Gasteiger partial charge in [-0.05, 0) is 110 Å². The number of hydrogen-bond acceptors (Lipinski definition) is 2. The van der Waals surface area contributed by atoms with Gasteiger partial charge in [0.2, 0.25) is 0 Å². The van der Waals surface area contributed by atoms with Crippen molar-refractivity contribution in [2.75, 3.05) is 17.6 Å². The summed E-state index contributed by atoms with van der Waals surface area (Å²) in [5, 5.41) is 10.8. The van der Waals surface area contributed by atoms with E-state index in [4.69, 9.17) is 8.83 Å². The van der Waals surface area contributed by atoms with Crippen LogP contribution in [-0.2, 0) is 0 Å². The quantitative estimate of drug-likeness (QED) is 0.161. The van der Waals surface area contributed by atoms with Crippen LogP contribution in [0.5, 0.6) is 0 Å². The summed E-state index contributed by atoms with van der Waals surface area (Å²) in [5.74, 6) is 0. The van der Waals surface area contributed by atoms with E-state index in [9.17, 15) is 0 Å². The van der Waals surface area contributed by atoms with Gasteiger partial charge in [-0.2, -0.15) is 20.1 Å². The number of hydrogen-bond donors (Lipinski definition) is 0. The maximum atomic E-state index is 7.16. The molecule has 0 radical (unpaired) electrons. The number of furan rings is 2. The highest BCUT2D eigenvalue weighted by Crippen LogP contribution is 2.90. The van der Waals surface area contributed by atoms with Crippen LogP contribution in [0.4, 0.5) is 0 Å². The summed E-state index contributed by atoms with van der Waals surface area (Å²) in [5.41, 5.74) is 18.9. The molecule has 12 aromatic rings. The molecule has 0 saturated heterocycles. The van der Waals surface area contributed by atoms with Crippen molar-refractivity contribution >= 4 is 91.1 Å². The van der Waals surface area contributed by atoms with E-state index in [1.807, 2.05) is 6.08 Å². The van der Waals surface area contributed by atoms with E-state index in [1.54, 1.807) is 9.79 Å². The van der Waals surface area contributed by atoms with Gasteiger partial charge in [0.05, 0.1) is 0 Å². The third kappa shape index (κ3) is 4.76. The van der Waals surface area contributed by atoms with Gasteiger partial charge in [0, 0.05) is 68.5 Å². The average Bonchev–Trinajstić information content (AvgIpc) is 4.14. The Balaban J connectivity index is 1.01. The van der Waals surface area contributed by atoms with E-state index < -0.39 is 20.1 Å². The van der Waals surface area contributed by atoms with Gasteiger partial charge >= 0.3 is 0 Å². The van der Waals surface area contributed by atoms with Crippen molar-refractivity contribution in [3.8, 4) is 55.6 Å². The zero-order chi connectivity index (χ0) is 45.2. The maximum absolute atomic E-state index is 7.16. The maximum Gasteiger partial charge on any atom is 0.144 e. The van der Waals surface area contributed by atoms with E-state index in [1.165, 1.54) is 109 Å². The molecule has 4 heteroatoms. The Kier molecular flexibility index (Phi) is 7.70. The second kappa shape index (κ2) is 13.6. The van der Waals surface area contributed by atoms with E-state index in [0.717, 1.165) is 38.4 Å². The first-order valence-corrected chi connectivity index (χ1v) is 27.9. The van der Waals surface area contributed by atoms with Gasteiger partial charge in [-0.25, -0.2) is 0 Å². The Hall–Kier alpha value is -7.50. The molecule has 0 amide bonds. The first kappa shape index (κ1) is 38.6. The van der Waals surface area contributed by atoms with Crippen LogP contribution in [-0.4, -0.2) is 17.6 Å². The standard InChI is InChI=1S/C64H44O2S2/c1-5-37(6-2)39-28-30-45(43-22-12-10-20-41(39)43)51-34-56-59(62-57(51)47-24-14-16-26-53(47)66-62)50-33-32-49-58-55(67(3)36-68(56,4)64(50)63(49)67)35-52(61-60(58)48-25-15-17-27-54(48)65-61)46-31-29-40(38-18-8-7-9-19-38)42-21-11-13-23-44(42)46/h5-35H,1,36H2,2-4H3/b37-6+. The molecule has 2 aromatic heterocycles. The minimum absolute atomic E-state index is 0.929. The Labute approximate surface area is 397 Å². The lowest BCUT2D eigenvalue weighted by molar-refractivity contribution is 0.669. The van der Waals surface area contributed by atoms with Crippen molar-refractivity contribution in [1.82, 2.24) is 0 Å². The van der Waals surface area contributed by atoms with Crippen LogP contribution in [0.1, 0.15) is 12.5 Å². The normalized spacial score (nSPS) is 19.7. The summed E-state index contributed by atoms with van der Waals surface area (Å²) >= 11 is 0. The molecule has 0 saturated carbocycles. The Morgan fingerprint density at radius 3 is 1.62 bits per heavy atom. The largest absolute Gasteiger partial charge is 0.455 e. The summed E-state index contributed by atoms with van der Waals surface area (Å²) in [7, 11) is -3.06. The SMILES string of the molecule is C=C/C(=C\C)c1ccc(-c2cc3c(c4oc5ccccc5c24)-c2ccc4c5c2S3(C)CS5(C)c2cc(-c3ccc(-c5ccccc5)c5ccccc35)c3oc5ccccc5c3c2-4)c2ccccc12. The van der Waals surface area contributed by atoms with E-state index in [0.29, 0.717) is 0 Å². The third-order valence-corrected chi connectivity index (χ3v) is 24.7. The highest BCUT2D eigenvalue weighted by molar-refractivity contribution is 8.51. The molecule has 5 heterocycles. The molecule has 0 bridgehead atoms. The van der Waals surface area contributed by atoms with Crippen LogP contribution < -0.4 is 0 Å². The van der Waals surface area contributed by atoms with Crippen LogP contribution >= 0.6 is 20.1 Å². The molecule has 68 heavy (non-hydrogen) atoms. The molecule has 3 aliphatic rings. The van der Waals surface area contributed by atoms with Gasteiger partial charge in [0.15, 0.2) is 0 Å². The van der Waals surface area contributed by atoms with Gasteiger partial charge in [-0.15, -0.1) is 0 Å². The number of benzene rings is 10. The van der Waals surface area contributed by atoms with E-state index in [2.05, 4.69) is 208 Å². The predicted molar refractivity (Wildman–Crippen MR) is 292 cm³/mol. The zero-order valence-electron chi connectivity index (χ0n) is 37.9. The minimum Gasteiger partial charge on any atom is -0.455 e. The number of para-hydroxylation sites is 2. The zero-order valence-corrected chi connectivity index (χ0v) is 39.6. The molecule has 10 aromatic carbocycles. The smallest absolute Gasteiger partial charge is 0.144 e. The molecule has 2 unspecified atom stereocenters. The summed E-state index contributed by atoms with van der Waals surface area (Å²) in [6.45, 7) is 6.28. The molecule has 2 atom stereocenters. The van der Waals surface area contributed by atoms with E-state index >= 15 is 0 Å². The van der Waals surface area contributed by atoms with Crippen molar-refractivity contribution in [2.24, 2.45) is 0 Å². The fourth-order valence-corrected chi connectivity index (χ4v) is 24.5. The second-order valence-corrected chi connectivity index (χ2v) is 26.0. The van der Waals surface area contributed by atoms with Crippen LogP contribution in [0.15, 0.2) is 223 Å². The monoisotopic (exact) mass is 908 g/mol. The lowest BCUT2D eigenvalue weighted by atomic mass is 9.88. The highest BCUT2D eigenvalue weighted by Gasteiger charge is 2.55.